The van der Waals surface area contributed by atoms with Crippen LogP contribution in [0.3, 0.4) is 0 Å². The molecular formula is C21H27ClN2O. The van der Waals surface area contributed by atoms with E-state index in [2.05, 4.69) is 40.5 Å². The molecule has 4 heteroatoms. The average molecular weight is 359 g/mol. The molecule has 0 bridgehead atoms. The molecule has 0 radical (unpaired) electrons. The molecule has 134 valence electrons. The van der Waals surface area contributed by atoms with Gasteiger partial charge >= 0.3 is 0 Å². The molecule has 0 atom stereocenters. The zero-order valence-electron chi connectivity index (χ0n) is 14.7. The van der Waals surface area contributed by atoms with Gasteiger partial charge in [0.1, 0.15) is 12.4 Å². The summed E-state index contributed by atoms with van der Waals surface area (Å²) in [6.45, 7) is 6.13. The number of nitrogens with one attached hydrogen (secondary N) is 1. The van der Waals surface area contributed by atoms with Crippen molar-refractivity contribution in [2.75, 3.05) is 32.8 Å². The van der Waals surface area contributed by atoms with Crippen molar-refractivity contribution in [1.82, 2.24) is 10.2 Å². The predicted molar refractivity (Wildman–Crippen MR) is 104 cm³/mol. The fraction of sp³-hybridized carbons (Fsp3) is 0.429. The van der Waals surface area contributed by atoms with Crippen LogP contribution in [0.2, 0.25) is 5.02 Å². The average Bonchev–Trinajstić information content (AvgIpc) is 2.65. The van der Waals surface area contributed by atoms with Crippen molar-refractivity contribution in [3.63, 3.8) is 0 Å². The maximum Gasteiger partial charge on any atom is 0.119 e. The van der Waals surface area contributed by atoms with Crippen molar-refractivity contribution >= 4 is 11.6 Å². The SMILES string of the molecule is Clc1ccc(OCCNCC2CCN(Cc3ccccc3)CC2)cc1. The van der Waals surface area contributed by atoms with Crippen molar-refractivity contribution in [3.8, 4) is 5.75 Å². The molecule has 2 aromatic carbocycles. The summed E-state index contributed by atoms with van der Waals surface area (Å²) in [6.07, 6.45) is 2.55. The van der Waals surface area contributed by atoms with E-state index >= 15 is 0 Å². The second-order valence-corrected chi connectivity index (χ2v) is 7.15. The lowest BCUT2D eigenvalue weighted by Gasteiger charge is -2.32. The summed E-state index contributed by atoms with van der Waals surface area (Å²) in [5, 5.41) is 4.27. The number of benzene rings is 2. The zero-order chi connectivity index (χ0) is 17.3. The van der Waals surface area contributed by atoms with Gasteiger partial charge in [-0.2, -0.15) is 0 Å². The second-order valence-electron chi connectivity index (χ2n) is 6.71. The molecular weight excluding hydrogens is 332 g/mol. The Hall–Kier alpha value is -1.55. The molecule has 0 aliphatic carbocycles. The van der Waals surface area contributed by atoms with Crippen molar-refractivity contribution in [2.24, 2.45) is 5.92 Å². The molecule has 0 unspecified atom stereocenters. The van der Waals surface area contributed by atoms with Gasteiger partial charge in [-0.05, 0) is 68.2 Å². The van der Waals surface area contributed by atoms with E-state index in [0.29, 0.717) is 6.61 Å². The van der Waals surface area contributed by atoms with Crippen LogP contribution in [-0.2, 0) is 6.54 Å². The minimum atomic E-state index is 0.689. The van der Waals surface area contributed by atoms with E-state index in [1.807, 2.05) is 24.3 Å². The van der Waals surface area contributed by atoms with E-state index in [1.165, 1.54) is 31.5 Å². The van der Waals surface area contributed by atoms with Gasteiger partial charge in [0.15, 0.2) is 0 Å². The second kappa shape index (κ2) is 9.81. The molecule has 3 nitrogen and oxygen atoms in total. The summed E-state index contributed by atoms with van der Waals surface area (Å²) in [7, 11) is 0. The van der Waals surface area contributed by atoms with Crippen molar-refractivity contribution in [1.29, 1.82) is 0 Å². The van der Waals surface area contributed by atoms with Crippen LogP contribution in [0.1, 0.15) is 18.4 Å². The molecule has 1 saturated heterocycles. The minimum Gasteiger partial charge on any atom is -0.492 e. The van der Waals surface area contributed by atoms with E-state index in [9.17, 15) is 0 Å². The minimum absolute atomic E-state index is 0.689. The van der Waals surface area contributed by atoms with Gasteiger partial charge in [-0.25, -0.2) is 0 Å². The molecule has 0 saturated carbocycles. The van der Waals surface area contributed by atoms with Crippen molar-refractivity contribution in [3.05, 3.63) is 65.2 Å². The lowest BCUT2D eigenvalue weighted by Crippen LogP contribution is -2.37. The smallest absolute Gasteiger partial charge is 0.119 e. The predicted octanol–water partition coefficient (Wildman–Crippen LogP) is 4.22. The molecule has 0 amide bonds. The highest BCUT2D eigenvalue weighted by molar-refractivity contribution is 6.30. The van der Waals surface area contributed by atoms with Gasteiger partial charge in [-0.1, -0.05) is 41.9 Å². The highest BCUT2D eigenvalue weighted by atomic mass is 35.5. The first-order valence-corrected chi connectivity index (χ1v) is 9.53. The Balaban J connectivity index is 1.26. The number of ether oxygens (including phenoxy) is 1. The summed E-state index contributed by atoms with van der Waals surface area (Å²) in [5.41, 5.74) is 1.42. The van der Waals surface area contributed by atoms with Crippen LogP contribution in [0.25, 0.3) is 0 Å². The Morgan fingerprint density at radius 1 is 1.00 bits per heavy atom. The van der Waals surface area contributed by atoms with Gasteiger partial charge in [0, 0.05) is 18.1 Å². The normalized spacial score (nSPS) is 16.0. The first-order chi connectivity index (χ1) is 12.3. The number of rotatable bonds is 8. The number of hydrogen-bond acceptors (Lipinski definition) is 3. The first kappa shape index (κ1) is 18.2. The molecule has 1 N–H and O–H groups in total. The lowest BCUT2D eigenvalue weighted by atomic mass is 9.96. The van der Waals surface area contributed by atoms with E-state index in [-0.39, 0.29) is 0 Å². The van der Waals surface area contributed by atoms with Gasteiger partial charge in [0.2, 0.25) is 0 Å². The summed E-state index contributed by atoms with van der Waals surface area (Å²) >= 11 is 5.87. The molecule has 0 aromatic heterocycles. The Labute approximate surface area is 155 Å². The zero-order valence-corrected chi connectivity index (χ0v) is 15.4. The molecule has 1 aliphatic rings. The maximum absolute atomic E-state index is 5.87. The highest BCUT2D eigenvalue weighted by Crippen LogP contribution is 2.18. The summed E-state index contributed by atoms with van der Waals surface area (Å²) in [4.78, 5) is 2.56. The molecule has 1 aliphatic heterocycles. The topological polar surface area (TPSA) is 24.5 Å². The molecule has 3 rings (SSSR count). The van der Waals surface area contributed by atoms with Crippen LogP contribution in [-0.4, -0.2) is 37.7 Å². The number of nitrogens with zero attached hydrogens (tertiary/aromatic N) is 1. The lowest BCUT2D eigenvalue weighted by molar-refractivity contribution is 0.174. The molecule has 1 fully saturated rings. The Morgan fingerprint density at radius 3 is 2.44 bits per heavy atom. The summed E-state index contributed by atoms with van der Waals surface area (Å²) < 4.78 is 5.70. The van der Waals surface area contributed by atoms with E-state index in [1.54, 1.807) is 0 Å². The van der Waals surface area contributed by atoms with E-state index in [0.717, 1.165) is 36.3 Å². The number of hydrogen-bond donors (Lipinski definition) is 1. The molecule has 2 aromatic rings. The third-order valence-corrected chi connectivity index (χ3v) is 5.00. The standard InChI is InChI=1S/C21H27ClN2O/c22-20-6-8-21(9-7-20)25-15-12-23-16-18-10-13-24(14-11-18)17-19-4-2-1-3-5-19/h1-9,18,23H,10-17H2. The van der Waals surface area contributed by atoms with Crippen LogP contribution in [0.15, 0.2) is 54.6 Å². The van der Waals surface area contributed by atoms with Crippen molar-refractivity contribution in [2.45, 2.75) is 19.4 Å². The van der Waals surface area contributed by atoms with Gasteiger partial charge in [-0.3, -0.25) is 4.90 Å². The van der Waals surface area contributed by atoms with Crippen LogP contribution in [0, 0.1) is 5.92 Å². The monoisotopic (exact) mass is 358 g/mol. The third kappa shape index (κ3) is 6.35. The van der Waals surface area contributed by atoms with Gasteiger partial charge in [0.25, 0.3) is 0 Å². The highest BCUT2D eigenvalue weighted by Gasteiger charge is 2.18. The Kier molecular flexibility index (Phi) is 7.16. The van der Waals surface area contributed by atoms with E-state index < -0.39 is 0 Å². The fourth-order valence-corrected chi connectivity index (χ4v) is 3.39. The first-order valence-electron chi connectivity index (χ1n) is 9.15. The summed E-state index contributed by atoms with van der Waals surface area (Å²) in [6, 6.07) is 18.3. The van der Waals surface area contributed by atoms with Crippen LogP contribution in [0.4, 0.5) is 0 Å². The van der Waals surface area contributed by atoms with Crippen LogP contribution in [0.5, 0.6) is 5.75 Å². The Morgan fingerprint density at radius 2 is 1.72 bits per heavy atom. The Bertz CT molecular complexity index is 610. The largest absolute Gasteiger partial charge is 0.492 e. The van der Waals surface area contributed by atoms with Crippen molar-refractivity contribution < 1.29 is 4.74 Å². The van der Waals surface area contributed by atoms with Crippen LogP contribution >= 0.6 is 11.6 Å². The van der Waals surface area contributed by atoms with Gasteiger partial charge in [0.05, 0.1) is 0 Å². The fourth-order valence-electron chi connectivity index (χ4n) is 3.27. The number of likely N-dealkylation sites (tertiary alicyclic amines) is 1. The van der Waals surface area contributed by atoms with Gasteiger partial charge < -0.3 is 10.1 Å². The molecule has 1 heterocycles. The maximum atomic E-state index is 5.87. The molecule has 25 heavy (non-hydrogen) atoms. The number of piperidine rings is 1. The van der Waals surface area contributed by atoms with Gasteiger partial charge in [-0.15, -0.1) is 0 Å². The third-order valence-electron chi connectivity index (χ3n) is 4.75. The summed E-state index contributed by atoms with van der Waals surface area (Å²) in [5.74, 6) is 1.66. The number of halogens is 1. The van der Waals surface area contributed by atoms with E-state index in [4.69, 9.17) is 16.3 Å². The van der Waals surface area contributed by atoms with Crippen LogP contribution < -0.4 is 10.1 Å². The quantitative estimate of drug-likeness (QED) is 0.715. The molecule has 0 spiro atoms.